The number of aldehydes is 1. The molecule has 3 rings (SSSR count). The molecule has 0 saturated heterocycles. The van der Waals surface area contributed by atoms with Crippen LogP contribution in [0.5, 0.6) is 5.75 Å². The number of hydrogen-bond acceptors (Lipinski definition) is 3. The molecule has 0 aliphatic rings. The lowest BCUT2D eigenvalue weighted by Gasteiger charge is -2.14. The molecule has 0 radical (unpaired) electrons. The van der Waals surface area contributed by atoms with Crippen LogP contribution in [0.15, 0.2) is 54.7 Å². The number of carbonyl (C=O) groups excluding carboxylic acids is 1. The summed E-state index contributed by atoms with van der Waals surface area (Å²) in [6.45, 7) is 0.450. The lowest BCUT2D eigenvalue weighted by Crippen LogP contribution is -2.23. The van der Waals surface area contributed by atoms with Gasteiger partial charge in [-0.15, -0.1) is 0 Å². The third-order valence-electron chi connectivity index (χ3n) is 3.62. The number of halogens is 1. The molecule has 1 heterocycles. The Kier molecular flexibility index (Phi) is 4.65. The topological polar surface area (TPSA) is 51.5 Å². The van der Waals surface area contributed by atoms with Gasteiger partial charge in [-0.1, -0.05) is 41.9 Å². The highest BCUT2D eigenvalue weighted by Gasteiger charge is 2.12. The van der Waals surface area contributed by atoms with E-state index in [1.165, 1.54) is 0 Å². The summed E-state index contributed by atoms with van der Waals surface area (Å²) in [6, 6.07) is 14.7. The third-order valence-corrected chi connectivity index (χ3v) is 3.93. The molecule has 0 aliphatic carbocycles. The summed E-state index contributed by atoms with van der Waals surface area (Å²) in [6.07, 6.45) is 1.85. The van der Waals surface area contributed by atoms with Crippen molar-refractivity contribution in [3.8, 4) is 5.75 Å². The minimum atomic E-state index is -0.721. The lowest BCUT2D eigenvalue weighted by molar-refractivity contribution is 0.0935. The van der Waals surface area contributed by atoms with E-state index in [-0.39, 0.29) is 6.61 Å². The van der Waals surface area contributed by atoms with Gasteiger partial charge in [-0.3, -0.25) is 4.79 Å². The van der Waals surface area contributed by atoms with Gasteiger partial charge in [-0.05, 0) is 18.2 Å². The molecule has 2 aromatic carbocycles. The number of rotatable bonds is 6. The molecule has 0 spiro atoms. The second kappa shape index (κ2) is 6.86. The van der Waals surface area contributed by atoms with Crippen molar-refractivity contribution in [3.05, 3.63) is 65.3 Å². The Morgan fingerprint density at radius 3 is 2.70 bits per heavy atom. The van der Waals surface area contributed by atoms with E-state index in [4.69, 9.17) is 16.3 Å². The maximum atomic E-state index is 11.2. The molecule has 23 heavy (non-hydrogen) atoms. The summed E-state index contributed by atoms with van der Waals surface area (Å²) >= 11 is 6.02. The third kappa shape index (κ3) is 3.38. The van der Waals surface area contributed by atoms with Crippen LogP contribution in [0, 0.1) is 0 Å². The summed E-state index contributed by atoms with van der Waals surface area (Å²) in [7, 11) is 0. The van der Waals surface area contributed by atoms with Gasteiger partial charge in [0, 0.05) is 22.7 Å². The molecule has 1 N–H and O–H groups in total. The number of para-hydroxylation sites is 2. The first-order chi connectivity index (χ1) is 11.2. The number of carbonyl (C=O) groups is 1. The van der Waals surface area contributed by atoms with Gasteiger partial charge in [0.15, 0.2) is 6.29 Å². The zero-order valence-electron chi connectivity index (χ0n) is 12.4. The minimum absolute atomic E-state index is 0.118. The minimum Gasteiger partial charge on any atom is -0.489 e. The zero-order valence-corrected chi connectivity index (χ0v) is 13.1. The highest BCUT2D eigenvalue weighted by atomic mass is 35.5. The van der Waals surface area contributed by atoms with Crippen LogP contribution < -0.4 is 4.74 Å². The lowest BCUT2D eigenvalue weighted by atomic mass is 10.2. The second-order valence-electron chi connectivity index (χ2n) is 5.27. The average molecular weight is 330 g/mol. The van der Waals surface area contributed by atoms with Gasteiger partial charge in [0.1, 0.15) is 18.5 Å². The van der Waals surface area contributed by atoms with Gasteiger partial charge in [-0.2, -0.15) is 0 Å². The van der Waals surface area contributed by atoms with E-state index in [2.05, 4.69) is 0 Å². The molecule has 0 bridgehead atoms. The summed E-state index contributed by atoms with van der Waals surface area (Å²) < 4.78 is 7.41. The predicted molar refractivity (Wildman–Crippen MR) is 90.3 cm³/mol. The molecule has 0 fully saturated rings. The standard InChI is InChI=1S/C18H16ClNO3/c19-16-6-2-4-8-18(16)23-12-14(22)10-20-9-13(11-21)15-5-1-3-7-17(15)20/h1-9,11,14,22H,10,12H2. The van der Waals surface area contributed by atoms with E-state index >= 15 is 0 Å². The molecule has 1 aromatic heterocycles. The van der Waals surface area contributed by atoms with Crippen LogP contribution >= 0.6 is 11.6 Å². The second-order valence-corrected chi connectivity index (χ2v) is 5.67. The van der Waals surface area contributed by atoms with E-state index in [9.17, 15) is 9.90 Å². The van der Waals surface area contributed by atoms with Crippen molar-refractivity contribution in [2.45, 2.75) is 12.6 Å². The highest BCUT2D eigenvalue weighted by molar-refractivity contribution is 6.32. The van der Waals surface area contributed by atoms with Crippen molar-refractivity contribution in [2.24, 2.45) is 0 Å². The quantitative estimate of drug-likeness (QED) is 0.704. The Bertz CT molecular complexity index is 828. The summed E-state index contributed by atoms with van der Waals surface area (Å²) in [5.74, 6) is 0.541. The van der Waals surface area contributed by atoms with Gasteiger partial charge < -0.3 is 14.4 Å². The van der Waals surface area contributed by atoms with Gasteiger partial charge in [0.05, 0.1) is 11.6 Å². The van der Waals surface area contributed by atoms with Gasteiger partial charge in [0.25, 0.3) is 0 Å². The molecule has 0 saturated carbocycles. The van der Waals surface area contributed by atoms with Crippen LogP contribution in [0.4, 0.5) is 0 Å². The monoisotopic (exact) mass is 329 g/mol. The molecule has 3 aromatic rings. The molecular weight excluding hydrogens is 314 g/mol. The predicted octanol–water partition coefficient (Wildman–Crippen LogP) is 3.55. The first-order valence-electron chi connectivity index (χ1n) is 7.27. The Balaban J connectivity index is 1.72. The fourth-order valence-corrected chi connectivity index (χ4v) is 2.74. The number of aliphatic hydroxyl groups is 1. The van der Waals surface area contributed by atoms with E-state index < -0.39 is 6.10 Å². The Hall–Kier alpha value is -2.30. The number of aliphatic hydroxyl groups excluding tert-OH is 1. The van der Waals surface area contributed by atoms with Gasteiger partial charge >= 0.3 is 0 Å². The molecule has 1 atom stereocenters. The van der Waals surface area contributed by atoms with E-state index in [1.54, 1.807) is 18.3 Å². The molecule has 0 amide bonds. The molecule has 4 nitrogen and oxygen atoms in total. The summed E-state index contributed by atoms with van der Waals surface area (Å²) in [5, 5.41) is 11.6. The maximum absolute atomic E-state index is 11.2. The number of aromatic nitrogens is 1. The first kappa shape index (κ1) is 15.6. The van der Waals surface area contributed by atoms with Crippen molar-refractivity contribution >= 4 is 28.8 Å². The van der Waals surface area contributed by atoms with Crippen LogP contribution in [0.25, 0.3) is 10.9 Å². The van der Waals surface area contributed by atoms with Crippen molar-refractivity contribution in [3.63, 3.8) is 0 Å². The first-order valence-corrected chi connectivity index (χ1v) is 7.65. The fraction of sp³-hybridized carbons (Fsp3) is 0.167. The van der Waals surface area contributed by atoms with Crippen molar-refractivity contribution in [1.29, 1.82) is 0 Å². The smallest absolute Gasteiger partial charge is 0.152 e. The van der Waals surface area contributed by atoms with Crippen LogP contribution in [-0.4, -0.2) is 28.7 Å². The number of fused-ring (bicyclic) bond motifs is 1. The Morgan fingerprint density at radius 1 is 1.17 bits per heavy atom. The molecule has 118 valence electrons. The summed E-state index contributed by atoms with van der Waals surface area (Å²) in [4.78, 5) is 11.2. The molecular formula is C18H16ClNO3. The molecule has 5 heteroatoms. The van der Waals surface area contributed by atoms with E-state index in [0.29, 0.717) is 22.9 Å². The average Bonchev–Trinajstić information content (AvgIpc) is 2.92. The van der Waals surface area contributed by atoms with Crippen LogP contribution in [-0.2, 0) is 6.54 Å². The zero-order chi connectivity index (χ0) is 16.2. The Morgan fingerprint density at radius 2 is 1.91 bits per heavy atom. The number of benzene rings is 2. The highest BCUT2D eigenvalue weighted by Crippen LogP contribution is 2.24. The number of nitrogens with zero attached hydrogens (tertiary/aromatic N) is 1. The number of hydrogen-bond donors (Lipinski definition) is 1. The maximum Gasteiger partial charge on any atom is 0.152 e. The molecule has 1 unspecified atom stereocenters. The molecule has 0 aliphatic heterocycles. The summed E-state index contributed by atoms with van der Waals surface area (Å²) in [5.41, 5.74) is 1.52. The van der Waals surface area contributed by atoms with Crippen LogP contribution in [0.3, 0.4) is 0 Å². The van der Waals surface area contributed by atoms with Crippen molar-refractivity contribution < 1.29 is 14.6 Å². The van der Waals surface area contributed by atoms with E-state index in [1.807, 2.05) is 41.0 Å². The van der Waals surface area contributed by atoms with Crippen molar-refractivity contribution in [2.75, 3.05) is 6.61 Å². The number of ether oxygens (including phenoxy) is 1. The van der Waals surface area contributed by atoms with Gasteiger partial charge in [-0.25, -0.2) is 0 Å². The largest absolute Gasteiger partial charge is 0.489 e. The van der Waals surface area contributed by atoms with Crippen molar-refractivity contribution in [1.82, 2.24) is 4.57 Å². The normalized spacial score (nSPS) is 12.3. The van der Waals surface area contributed by atoms with Gasteiger partial charge in [0.2, 0.25) is 0 Å². The Labute approximate surface area is 138 Å². The fourth-order valence-electron chi connectivity index (χ4n) is 2.55. The van der Waals surface area contributed by atoms with Crippen LogP contribution in [0.1, 0.15) is 10.4 Å². The SMILES string of the molecule is O=Cc1cn(CC(O)COc2ccccc2Cl)c2ccccc12. The van der Waals surface area contributed by atoms with E-state index in [0.717, 1.165) is 17.2 Å². The van der Waals surface area contributed by atoms with Crippen LogP contribution in [0.2, 0.25) is 5.02 Å².